The first kappa shape index (κ1) is 22.7. The van der Waals surface area contributed by atoms with Gasteiger partial charge in [0.15, 0.2) is 8.32 Å². The van der Waals surface area contributed by atoms with E-state index in [0.29, 0.717) is 55.2 Å². The molecule has 4 nitrogen and oxygen atoms in total. The maximum Gasteiger partial charge on any atom is 0.192 e. The molecule has 4 rings (SSSR count). The molecule has 0 bridgehead atoms. The fourth-order valence-corrected chi connectivity index (χ4v) is 8.51. The fraction of sp³-hybridized carbons (Fsp3) is 0.920. The number of hydrogen-bond donors (Lipinski definition) is 1. The van der Waals surface area contributed by atoms with Crippen LogP contribution in [0.25, 0.3) is 0 Å². The SMILES string of the molecule is CC12CCC3C(CC(O)C4CC(=O)CCC43CO[Si](C)(C)C(C)(C)C)C1CCC2=O. The molecule has 7 unspecified atom stereocenters. The van der Waals surface area contributed by atoms with E-state index in [4.69, 9.17) is 4.43 Å². The molecule has 0 radical (unpaired) electrons. The maximum absolute atomic E-state index is 12.7. The van der Waals surface area contributed by atoms with Gasteiger partial charge in [-0.15, -0.1) is 0 Å². The predicted molar refractivity (Wildman–Crippen MR) is 121 cm³/mol. The Bertz CT molecular complexity index is 725. The van der Waals surface area contributed by atoms with E-state index in [0.717, 1.165) is 32.1 Å². The van der Waals surface area contributed by atoms with Gasteiger partial charge in [-0.05, 0) is 73.9 Å². The highest BCUT2D eigenvalue weighted by atomic mass is 28.4. The van der Waals surface area contributed by atoms with E-state index in [1.807, 2.05) is 0 Å². The minimum absolute atomic E-state index is 0.0197. The Labute approximate surface area is 183 Å². The van der Waals surface area contributed by atoms with Crippen LogP contribution in [0.2, 0.25) is 18.1 Å². The maximum atomic E-state index is 12.7. The van der Waals surface area contributed by atoms with Crippen LogP contribution in [0.5, 0.6) is 0 Å². The van der Waals surface area contributed by atoms with E-state index in [1.165, 1.54) is 0 Å². The third-order valence-electron chi connectivity index (χ3n) is 10.4. The third kappa shape index (κ3) is 3.29. The lowest BCUT2D eigenvalue weighted by Crippen LogP contribution is -2.61. The minimum atomic E-state index is -1.94. The minimum Gasteiger partial charge on any atom is -0.416 e. The van der Waals surface area contributed by atoms with Crippen molar-refractivity contribution in [2.24, 2.45) is 34.5 Å². The van der Waals surface area contributed by atoms with Crippen LogP contribution in [0.1, 0.15) is 79.1 Å². The van der Waals surface area contributed by atoms with Crippen molar-refractivity contribution in [3.63, 3.8) is 0 Å². The number of ketones is 2. The van der Waals surface area contributed by atoms with Crippen LogP contribution in [-0.2, 0) is 14.0 Å². The molecule has 4 aliphatic carbocycles. The Kier molecular flexibility index (Phi) is 5.47. The van der Waals surface area contributed by atoms with Gasteiger partial charge in [-0.1, -0.05) is 27.7 Å². The van der Waals surface area contributed by atoms with Crippen molar-refractivity contribution in [3.05, 3.63) is 0 Å². The first-order valence-electron chi connectivity index (χ1n) is 12.2. The van der Waals surface area contributed by atoms with Crippen molar-refractivity contribution in [3.8, 4) is 0 Å². The summed E-state index contributed by atoms with van der Waals surface area (Å²) in [6.45, 7) is 14.3. The van der Waals surface area contributed by atoms with Crippen LogP contribution in [0.3, 0.4) is 0 Å². The summed E-state index contributed by atoms with van der Waals surface area (Å²) in [5.41, 5.74) is -0.307. The van der Waals surface area contributed by atoms with Gasteiger partial charge in [-0.25, -0.2) is 0 Å². The summed E-state index contributed by atoms with van der Waals surface area (Å²) in [6.07, 6.45) is 5.98. The average molecular weight is 435 g/mol. The van der Waals surface area contributed by atoms with Gasteiger partial charge < -0.3 is 9.53 Å². The number of aliphatic hydroxyl groups is 1. The molecule has 0 aliphatic heterocycles. The van der Waals surface area contributed by atoms with Gasteiger partial charge in [0.25, 0.3) is 0 Å². The predicted octanol–water partition coefficient (Wildman–Crippen LogP) is 5.14. The zero-order valence-electron chi connectivity index (χ0n) is 19.9. The summed E-state index contributed by atoms with van der Waals surface area (Å²) in [6, 6.07) is 0. The lowest BCUT2D eigenvalue weighted by atomic mass is 9.44. The number of hydrogen-bond acceptors (Lipinski definition) is 4. The molecular formula is C25H42O4Si. The molecule has 0 aromatic heterocycles. The highest BCUT2D eigenvalue weighted by molar-refractivity contribution is 6.74. The number of fused-ring (bicyclic) bond motifs is 5. The molecule has 0 aromatic rings. The molecule has 4 fully saturated rings. The van der Waals surface area contributed by atoms with Crippen molar-refractivity contribution in [1.29, 1.82) is 0 Å². The zero-order valence-corrected chi connectivity index (χ0v) is 20.9. The monoisotopic (exact) mass is 434 g/mol. The molecule has 170 valence electrons. The van der Waals surface area contributed by atoms with Crippen LogP contribution in [0, 0.1) is 34.5 Å². The molecule has 1 N–H and O–H groups in total. The third-order valence-corrected chi connectivity index (χ3v) is 14.9. The van der Waals surface area contributed by atoms with Gasteiger partial charge in [-0.2, -0.15) is 0 Å². The van der Waals surface area contributed by atoms with Crippen molar-refractivity contribution in [1.82, 2.24) is 0 Å². The van der Waals surface area contributed by atoms with Gasteiger partial charge in [0, 0.05) is 36.7 Å². The van der Waals surface area contributed by atoms with Crippen LogP contribution in [0.15, 0.2) is 0 Å². The Hall–Kier alpha value is -0.523. The van der Waals surface area contributed by atoms with Gasteiger partial charge in [-0.3, -0.25) is 9.59 Å². The van der Waals surface area contributed by atoms with E-state index in [2.05, 4.69) is 40.8 Å². The summed E-state index contributed by atoms with van der Waals surface area (Å²) < 4.78 is 6.83. The normalized spacial score (nSPS) is 44.4. The lowest BCUT2D eigenvalue weighted by Gasteiger charge is -2.62. The largest absolute Gasteiger partial charge is 0.416 e. The quantitative estimate of drug-likeness (QED) is 0.625. The molecular weight excluding hydrogens is 392 g/mol. The fourth-order valence-electron chi connectivity index (χ4n) is 7.45. The van der Waals surface area contributed by atoms with E-state index in [9.17, 15) is 14.7 Å². The number of rotatable bonds is 3. The number of carbonyl (C=O) groups excluding carboxylic acids is 2. The molecule has 0 saturated heterocycles. The number of Topliss-reactive ketones (excluding diaryl/α,β-unsaturated/α-hetero) is 2. The smallest absolute Gasteiger partial charge is 0.192 e. The van der Waals surface area contributed by atoms with Gasteiger partial charge in [0.05, 0.1) is 6.10 Å². The average Bonchev–Trinajstić information content (AvgIpc) is 2.95. The summed E-state index contributed by atoms with van der Waals surface area (Å²) in [4.78, 5) is 25.1. The molecule has 4 aliphatic rings. The van der Waals surface area contributed by atoms with Crippen molar-refractivity contribution in [2.75, 3.05) is 6.61 Å². The summed E-state index contributed by atoms with van der Waals surface area (Å²) >= 11 is 0. The van der Waals surface area contributed by atoms with E-state index in [1.54, 1.807) is 0 Å². The molecule has 0 heterocycles. The molecule has 0 spiro atoms. The molecule has 7 atom stereocenters. The lowest BCUT2D eigenvalue weighted by molar-refractivity contribution is -0.179. The van der Waals surface area contributed by atoms with Gasteiger partial charge >= 0.3 is 0 Å². The first-order chi connectivity index (χ1) is 13.8. The Balaban J connectivity index is 1.69. The highest BCUT2D eigenvalue weighted by Crippen LogP contribution is 2.65. The summed E-state index contributed by atoms with van der Waals surface area (Å²) in [5.74, 6) is 2.00. The summed E-state index contributed by atoms with van der Waals surface area (Å²) in [5, 5.41) is 11.4. The molecule has 30 heavy (non-hydrogen) atoms. The molecule has 0 aromatic carbocycles. The van der Waals surface area contributed by atoms with E-state index >= 15 is 0 Å². The van der Waals surface area contributed by atoms with E-state index in [-0.39, 0.29) is 21.8 Å². The summed E-state index contributed by atoms with van der Waals surface area (Å²) in [7, 11) is -1.94. The van der Waals surface area contributed by atoms with Gasteiger partial charge in [0.1, 0.15) is 11.6 Å². The van der Waals surface area contributed by atoms with Crippen LogP contribution >= 0.6 is 0 Å². The number of aliphatic hydroxyl groups excluding tert-OH is 1. The van der Waals surface area contributed by atoms with Crippen molar-refractivity contribution in [2.45, 2.75) is 103 Å². The van der Waals surface area contributed by atoms with Crippen molar-refractivity contribution < 1.29 is 19.1 Å². The molecule has 4 saturated carbocycles. The zero-order chi connectivity index (χ0) is 22.1. The topological polar surface area (TPSA) is 63.6 Å². The van der Waals surface area contributed by atoms with E-state index < -0.39 is 14.4 Å². The second-order valence-corrected chi connectivity index (χ2v) is 17.5. The molecule has 0 amide bonds. The second kappa shape index (κ2) is 7.24. The van der Waals surface area contributed by atoms with Crippen LogP contribution < -0.4 is 0 Å². The second-order valence-electron chi connectivity index (χ2n) is 12.7. The first-order valence-corrected chi connectivity index (χ1v) is 15.1. The Morgan fingerprint density at radius 3 is 2.43 bits per heavy atom. The molecule has 5 heteroatoms. The van der Waals surface area contributed by atoms with Gasteiger partial charge in [0.2, 0.25) is 0 Å². The highest BCUT2D eigenvalue weighted by Gasteiger charge is 2.64. The van der Waals surface area contributed by atoms with Crippen LogP contribution in [0.4, 0.5) is 0 Å². The Morgan fingerprint density at radius 1 is 1.07 bits per heavy atom. The van der Waals surface area contributed by atoms with Crippen molar-refractivity contribution >= 4 is 19.9 Å². The van der Waals surface area contributed by atoms with Crippen LogP contribution in [-0.4, -0.2) is 37.7 Å². The standard InChI is InChI=1S/C25H42O4Si/c1-23(2,3)30(5,6)29-15-25-12-9-16(26)13-20(25)21(27)14-17-18-7-8-22(28)24(18,4)11-10-19(17)25/h17-21,27H,7-15H2,1-6H3. The number of carbonyl (C=O) groups is 2. The Morgan fingerprint density at radius 2 is 1.77 bits per heavy atom.